The molecule has 18 heavy (non-hydrogen) atoms. The number of hydrogen-bond acceptors (Lipinski definition) is 1. The van der Waals surface area contributed by atoms with E-state index in [1.807, 2.05) is 55.5 Å². The van der Waals surface area contributed by atoms with E-state index in [4.69, 9.17) is 0 Å². The summed E-state index contributed by atoms with van der Waals surface area (Å²) >= 11 is 3.40. The van der Waals surface area contributed by atoms with Crippen molar-refractivity contribution in [2.45, 2.75) is 13.5 Å². The van der Waals surface area contributed by atoms with Crippen molar-refractivity contribution in [3.05, 3.63) is 69.7 Å². The molecule has 0 aromatic heterocycles. The van der Waals surface area contributed by atoms with Gasteiger partial charge in [-0.1, -0.05) is 46.3 Å². The highest BCUT2D eigenvalue weighted by Crippen LogP contribution is 2.15. The van der Waals surface area contributed by atoms with Crippen molar-refractivity contribution in [1.29, 1.82) is 0 Å². The van der Waals surface area contributed by atoms with Crippen LogP contribution in [-0.4, -0.2) is 5.91 Å². The number of halogens is 1. The van der Waals surface area contributed by atoms with Gasteiger partial charge < -0.3 is 5.32 Å². The van der Waals surface area contributed by atoms with Crippen LogP contribution in [0.2, 0.25) is 0 Å². The Morgan fingerprint density at radius 1 is 1.17 bits per heavy atom. The summed E-state index contributed by atoms with van der Waals surface area (Å²) in [6.45, 7) is 2.52. The molecule has 0 atom stereocenters. The Morgan fingerprint density at radius 2 is 1.89 bits per heavy atom. The van der Waals surface area contributed by atoms with E-state index in [2.05, 4.69) is 21.2 Å². The summed E-state index contributed by atoms with van der Waals surface area (Å²) in [6.07, 6.45) is 0. The first kappa shape index (κ1) is 12.8. The maximum Gasteiger partial charge on any atom is 0.251 e. The van der Waals surface area contributed by atoms with Gasteiger partial charge in [-0.2, -0.15) is 0 Å². The molecule has 0 spiro atoms. The predicted octanol–water partition coefficient (Wildman–Crippen LogP) is 3.69. The van der Waals surface area contributed by atoms with Crippen molar-refractivity contribution < 1.29 is 4.79 Å². The number of hydrogen-bond donors (Lipinski definition) is 1. The molecular formula is C15H14BrNO. The van der Waals surface area contributed by atoms with Crippen molar-refractivity contribution in [1.82, 2.24) is 5.32 Å². The van der Waals surface area contributed by atoms with Gasteiger partial charge in [0.25, 0.3) is 5.91 Å². The first-order valence-corrected chi connectivity index (χ1v) is 6.54. The Balaban J connectivity index is 2.04. The third-order valence-electron chi connectivity index (χ3n) is 2.60. The number of carbonyl (C=O) groups excluding carboxylic acids is 1. The van der Waals surface area contributed by atoms with E-state index in [1.165, 1.54) is 0 Å². The summed E-state index contributed by atoms with van der Waals surface area (Å²) in [6, 6.07) is 15.6. The molecule has 3 heteroatoms. The van der Waals surface area contributed by atoms with Gasteiger partial charge in [0.1, 0.15) is 0 Å². The van der Waals surface area contributed by atoms with E-state index < -0.39 is 0 Å². The minimum absolute atomic E-state index is 0.0525. The van der Waals surface area contributed by atoms with Crippen LogP contribution in [0.5, 0.6) is 0 Å². The van der Waals surface area contributed by atoms with Crippen LogP contribution in [0, 0.1) is 6.92 Å². The maximum atomic E-state index is 12.0. The van der Waals surface area contributed by atoms with Crippen molar-refractivity contribution in [3.8, 4) is 0 Å². The normalized spacial score (nSPS) is 10.1. The fourth-order valence-corrected chi connectivity index (χ4v) is 2.36. The minimum Gasteiger partial charge on any atom is -0.348 e. The van der Waals surface area contributed by atoms with Gasteiger partial charge in [0.15, 0.2) is 0 Å². The highest BCUT2D eigenvalue weighted by atomic mass is 79.9. The lowest BCUT2D eigenvalue weighted by Crippen LogP contribution is -2.22. The van der Waals surface area contributed by atoms with Gasteiger partial charge >= 0.3 is 0 Å². The van der Waals surface area contributed by atoms with Crippen LogP contribution < -0.4 is 5.32 Å². The molecule has 1 N–H and O–H groups in total. The van der Waals surface area contributed by atoms with Gasteiger partial charge in [-0.05, 0) is 36.2 Å². The van der Waals surface area contributed by atoms with Crippen LogP contribution in [0.25, 0.3) is 0 Å². The highest BCUT2D eigenvalue weighted by Gasteiger charge is 2.06. The number of aryl methyl sites for hydroxylation is 1. The molecule has 92 valence electrons. The Bertz CT molecular complexity index is 531. The van der Waals surface area contributed by atoms with Crippen molar-refractivity contribution in [3.63, 3.8) is 0 Å². The molecule has 0 bridgehead atoms. The molecular weight excluding hydrogens is 290 g/mol. The average Bonchev–Trinajstić information content (AvgIpc) is 2.36. The van der Waals surface area contributed by atoms with E-state index in [9.17, 15) is 4.79 Å². The van der Waals surface area contributed by atoms with E-state index in [1.54, 1.807) is 0 Å². The summed E-state index contributed by atoms with van der Waals surface area (Å²) in [5.74, 6) is -0.0525. The molecule has 2 aromatic rings. The molecule has 0 aliphatic heterocycles. The van der Waals surface area contributed by atoms with Gasteiger partial charge in [-0.3, -0.25) is 4.79 Å². The largest absolute Gasteiger partial charge is 0.348 e. The second-order valence-electron chi connectivity index (χ2n) is 4.19. The predicted molar refractivity (Wildman–Crippen MR) is 76.5 cm³/mol. The van der Waals surface area contributed by atoms with Gasteiger partial charge in [0.05, 0.1) is 0 Å². The van der Waals surface area contributed by atoms with Crippen LogP contribution in [0.15, 0.2) is 53.0 Å². The molecule has 2 rings (SSSR count). The Morgan fingerprint density at radius 3 is 2.56 bits per heavy atom. The summed E-state index contributed by atoms with van der Waals surface area (Å²) in [7, 11) is 0. The van der Waals surface area contributed by atoms with Crippen LogP contribution in [0.3, 0.4) is 0 Å². The third kappa shape index (κ3) is 3.44. The van der Waals surface area contributed by atoms with Crippen molar-refractivity contribution in [2.24, 2.45) is 0 Å². The fraction of sp³-hybridized carbons (Fsp3) is 0.133. The number of benzene rings is 2. The molecule has 2 nitrogen and oxygen atoms in total. The molecule has 1 amide bonds. The molecule has 0 unspecified atom stereocenters. The average molecular weight is 304 g/mol. The maximum absolute atomic E-state index is 12.0. The van der Waals surface area contributed by atoms with Crippen molar-refractivity contribution >= 4 is 21.8 Å². The summed E-state index contributed by atoms with van der Waals surface area (Å²) in [5, 5.41) is 2.91. The van der Waals surface area contributed by atoms with E-state index >= 15 is 0 Å². The third-order valence-corrected chi connectivity index (χ3v) is 3.06. The highest BCUT2D eigenvalue weighted by molar-refractivity contribution is 9.10. The molecule has 0 aliphatic carbocycles. The molecule has 0 heterocycles. The topological polar surface area (TPSA) is 29.1 Å². The lowest BCUT2D eigenvalue weighted by molar-refractivity contribution is 0.0951. The Labute approximate surface area is 115 Å². The fourth-order valence-electron chi connectivity index (χ4n) is 1.75. The summed E-state index contributed by atoms with van der Waals surface area (Å²) in [4.78, 5) is 12.0. The van der Waals surface area contributed by atoms with Gasteiger partial charge in [0.2, 0.25) is 0 Å². The second-order valence-corrected chi connectivity index (χ2v) is 5.10. The molecule has 0 saturated heterocycles. The Kier molecular flexibility index (Phi) is 4.15. The van der Waals surface area contributed by atoms with Crippen LogP contribution in [-0.2, 0) is 6.54 Å². The molecule has 0 saturated carbocycles. The van der Waals surface area contributed by atoms with Gasteiger partial charge in [-0.25, -0.2) is 0 Å². The van der Waals surface area contributed by atoms with Crippen molar-refractivity contribution in [2.75, 3.05) is 0 Å². The quantitative estimate of drug-likeness (QED) is 0.920. The van der Waals surface area contributed by atoms with E-state index in [0.29, 0.717) is 12.1 Å². The van der Waals surface area contributed by atoms with Gasteiger partial charge in [0, 0.05) is 16.6 Å². The smallest absolute Gasteiger partial charge is 0.251 e. The first-order valence-electron chi connectivity index (χ1n) is 5.74. The van der Waals surface area contributed by atoms with Crippen LogP contribution in [0.1, 0.15) is 21.5 Å². The lowest BCUT2D eigenvalue weighted by atomic mass is 10.1. The van der Waals surface area contributed by atoms with E-state index in [0.717, 1.165) is 15.6 Å². The van der Waals surface area contributed by atoms with Crippen LogP contribution >= 0.6 is 15.9 Å². The zero-order valence-electron chi connectivity index (χ0n) is 10.1. The molecule has 0 radical (unpaired) electrons. The first-order chi connectivity index (χ1) is 8.65. The van der Waals surface area contributed by atoms with Crippen LogP contribution in [0.4, 0.5) is 0 Å². The van der Waals surface area contributed by atoms with Gasteiger partial charge in [-0.15, -0.1) is 0 Å². The number of rotatable bonds is 3. The standard InChI is InChI=1S/C15H14BrNO/c1-11-7-13(9-14(16)8-11)15(18)17-10-12-5-3-2-4-6-12/h2-9H,10H2,1H3,(H,17,18). The SMILES string of the molecule is Cc1cc(Br)cc(C(=O)NCc2ccccc2)c1. The summed E-state index contributed by atoms with van der Waals surface area (Å²) < 4.78 is 0.923. The minimum atomic E-state index is -0.0525. The zero-order chi connectivity index (χ0) is 13.0. The number of amides is 1. The zero-order valence-corrected chi connectivity index (χ0v) is 11.7. The van der Waals surface area contributed by atoms with E-state index in [-0.39, 0.29) is 5.91 Å². The molecule has 0 fully saturated rings. The number of carbonyl (C=O) groups is 1. The lowest BCUT2D eigenvalue weighted by Gasteiger charge is -2.06. The molecule has 2 aromatic carbocycles. The second kappa shape index (κ2) is 5.83. The molecule has 0 aliphatic rings. The number of nitrogens with one attached hydrogen (secondary N) is 1. The monoisotopic (exact) mass is 303 g/mol. The Hall–Kier alpha value is -1.61. The summed E-state index contributed by atoms with van der Waals surface area (Å²) in [5.41, 5.74) is 2.84.